The monoisotopic (exact) mass is 360 g/mol. The van der Waals surface area contributed by atoms with Crippen molar-refractivity contribution in [1.29, 1.82) is 0 Å². The van der Waals surface area contributed by atoms with E-state index in [0.29, 0.717) is 18.0 Å². The first kappa shape index (κ1) is 18.1. The van der Waals surface area contributed by atoms with Gasteiger partial charge in [-0.25, -0.2) is 9.97 Å². The minimum atomic E-state index is 0.300. The van der Waals surface area contributed by atoms with E-state index in [1.807, 2.05) is 6.92 Å². The van der Waals surface area contributed by atoms with Gasteiger partial charge in [0.2, 0.25) is 0 Å². The molecule has 3 saturated heterocycles. The van der Waals surface area contributed by atoms with E-state index < -0.39 is 0 Å². The normalized spacial score (nSPS) is 29.2. The molecule has 144 valence electrons. The lowest BCUT2D eigenvalue weighted by Gasteiger charge is -2.38. The number of piperidine rings is 1. The highest BCUT2D eigenvalue weighted by molar-refractivity contribution is 5.39. The molecule has 7 heteroatoms. The maximum absolute atomic E-state index is 5.83. The molecule has 3 aliphatic rings. The van der Waals surface area contributed by atoms with Gasteiger partial charge in [0.25, 0.3) is 0 Å². The summed E-state index contributed by atoms with van der Waals surface area (Å²) in [5, 5.41) is 7.11. The van der Waals surface area contributed by atoms with Crippen molar-refractivity contribution in [2.24, 2.45) is 0 Å². The van der Waals surface area contributed by atoms with Crippen LogP contribution in [0.15, 0.2) is 6.07 Å². The number of hydrogen-bond acceptors (Lipinski definition) is 7. The summed E-state index contributed by atoms with van der Waals surface area (Å²) in [5.74, 6) is 2.37. The van der Waals surface area contributed by atoms with Gasteiger partial charge >= 0.3 is 0 Å². The Bertz CT molecular complexity index is 598. The molecular weight excluding hydrogens is 328 g/mol. The van der Waals surface area contributed by atoms with Crippen LogP contribution in [-0.4, -0.2) is 91.4 Å². The molecule has 26 heavy (non-hydrogen) atoms. The Morgan fingerprint density at radius 1 is 1.12 bits per heavy atom. The summed E-state index contributed by atoms with van der Waals surface area (Å²) in [7, 11) is 2.20. The first-order valence-corrected chi connectivity index (χ1v) is 10.0. The van der Waals surface area contributed by atoms with Crippen LogP contribution in [0.5, 0.6) is 0 Å². The van der Waals surface area contributed by atoms with Gasteiger partial charge in [-0.05, 0) is 39.9 Å². The average molecular weight is 361 g/mol. The summed E-state index contributed by atoms with van der Waals surface area (Å²) < 4.78 is 5.83. The quantitative estimate of drug-likeness (QED) is 0.818. The number of piperazine rings is 1. The number of nitrogens with zero attached hydrogens (tertiary/aromatic N) is 4. The molecule has 1 aromatic heterocycles. The third-order valence-electron chi connectivity index (χ3n) is 6.01. The molecule has 0 radical (unpaired) electrons. The van der Waals surface area contributed by atoms with Gasteiger partial charge < -0.3 is 20.3 Å². The Hall–Kier alpha value is -1.28. The lowest BCUT2D eigenvalue weighted by Crippen LogP contribution is -2.54. The fourth-order valence-electron chi connectivity index (χ4n) is 4.38. The SMILES string of the molecule is Cc1nc(N[C@H]2COC[C@@H]2N2CCN(C)CC2)cc(C2CCNCC2)n1. The number of aromatic nitrogens is 2. The van der Waals surface area contributed by atoms with E-state index in [2.05, 4.69) is 38.5 Å². The zero-order chi connectivity index (χ0) is 17.9. The molecule has 4 rings (SSSR count). The van der Waals surface area contributed by atoms with Crippen LogP contribution < -0.4 is 10.6 Å². The number of anilines is 1. The van der Waals surface area contributed by atoms with Crippen molar-refractivity contribution >= 4 is 5.82 Å². The summed E-state index contributed by atoms with van der Waals surface area (Å²) in [4.78, 5) is 14.4. The Morgan fingerprint density at radius 3 is 2.65 bits per heavy atom. The average Bonchev–Trinajstić information content (AvgIpc) is 3.11. The van der Waals surface area contributed by atoms with Crippen molar-refractivity contribution in [3.63, 3.8) is 0 Å². The third kappa shape index (κ3) is 4.17. The molecule has 0 aliphatic carbocycles. The molecule has 0 spiro atoms. The molecule has 0 saturated carbocycles. The molecule has 0 bridgehead atoms. The fraction of sp³-hybridized carbons (Fsp3) is 0.789. The van der Waals surface area contributed by atoms with Crippen molar-refractivity contribution in [1.82, 2.24) is 25.1 Å². The number of nitrogens with one attached hydrogen (secondary N) is 2. The smallest absolute Gasteiger partial charge is 0.130 e. The summed E-state index contributed by atoms with van der Waals surface area (Å²) in [6.07, 6.45) is 2.32. The minimum Gasteiger partial charge on any atom is -0.378 e. The van der Waals surface area contributed by atoms with Gasteiger partial charge in [0.15, 0.2) is 0 Å². The molecular formula is C19H32N6O. The largest absolute Gasteiger partial charge is 0.378 e. The second kappa shape index (κ2) is 8.17. The van der Waals surface area contributed by atoms with E-state index >= 15 is 0 Å². The number of rotatable bonds is 4. The van der Waals surface area contributed by atoms with E-state index in [1.54, 1.807) is 0 Å². The molecule has 2 N–H and O–H groups in total. The highest BCUT2D eigenvalue weighted by Crippen LogP contribution is 2.26. The molecule has 0 aromatic carbocycles. The second-order valence-corrected chi connectivity index (χ2v) is 7.94. The molecule has 0 amide bonds. The maximum Gasteiger partial charge on any atom is 0.130 e. The Balaban J connectivity index is 1.44. The van der Waals surface area contributed by atoms with Crippen molar-refractivity contribution in [3.05, 3.63) is 17.6 Å². The summed E-state index contributed by atoms with van der Waals surface area (Å²) in [6, 6.07) is 2.90. The molecule has 1 aromatic rings. The van der Waals surface area contributed by atoms with Crippen molar-refractivity contribution in [2.75, 3.05) is 64.8 Å². The molecule has 3 fully saturated rings. The van der Waals surface area contributed by atoms with E-state index in [1.165, 1.54) is 5.69 Å². The topological polar surface area (TPSA) is 65.6 Å². The van der Waals surface area contributed by atoms with Gasteiger partial charge in [-0.2, -0.15) is 0 Å². The van der Waals surface area contributed by atoms with Gasteiger partial charge in [0.05, 0.1) is 25.3 Å². The van der Waals surface area contributed by atoms with Gasteiger partial charge in [-0.15, -0.1) is 0 Å². The van der Waals surface area contributed by atoms with Crippen molar-refractivity contribution in [2.45, 2.75) is 37.8 Å². The van der Waals surface area contributed by atoms with Crippen LogP contribution in [0.4, 0.5) is 5.82 Å². The first-order chi connectivity index (χ1) is 12.7. The first-order valence-electron chi connectivity index (χ1n) is 10.0. The lowest BCUT2D eigenvalue weighted by atomic mass is 9.94. The van der Waals surface area contributed by atoms with E-state index in [-0.39, 0.29) is 0 Å². The summed E-state index contributed by atoms with van der Waals surface area (Å²) in [5.41, 5.74) is 1.19. The number of hydrogen-bond donors (Lipinski definition) is 2. The Morgan fingerprint density at radius 2 is 1.88 bits per heavy atom. The molecule has 3 aliphatic heterocycles. The predicted octanol–water partition coefficient (Wildman–Crippen LogP) is 0.679. The van der Waals surface area contributed by atoms with Gasteiger partial charge in [-0.1, -0.05) is 0 Å². The number of likely N-dealkylation sites (N-methyl/N-ethyl adjacent to an activating group) is 1. The maximum atomic E-state index is 5.83. The fourth-order valence-corrected chi connectivity index (χ4v) is 4.38. The van der Waals surface area contributed by atoms with Crippen LogP contribution in [0.1, 0.15) is 30.3 Å². The molecule has 2 atom stereocenters. The molecule has 4 heterocycles. The van der Waals surface area contributed by atoms with E-state index in [0.717, 1.165) is 77.0 Å². The zero-order valence-electron chi connectivity index (χ0n) is 16.1. The second-order valence-electron chi connectivity index (χ2n) is 7.94. The third-order valence-corrected chi connectivity index (χ3v) is 6.01. The van der Waals surface area contributed by atoms with Crippen molar-refractivity contribution in [3.8, 4) is 0 Å². The zero-order valence-corrected chi connectivity index (χ0v) is 16.1. The lowest BCUT2D eigenvalue weighted by molar-refractivity contribution is 0.0948. The molecule has 0 unspecified atom stereocenters. The number of aryl methyl sites for hydroxylation is 1. The van der Waals surface area contributed by atoms with Gasteiger partial charge in [0.1, 0.15) is 11.6 Å². The van der Waals surface area contributed by atoms with Crippen LogP contribution in [0, 0.1) is 6.92 Å². The van der Waals surface area contributed by atoms with Crippen LogP contribution in [-0.2, 0) is 4.74 Å². The standard InChI is InChI=1S/C19H32N6O/c1-14-21-16(15-3-5-20-6-4-15)11-19(22-14)23-17-12-26-13-18(17)25-9-7-24(2)8-10-25/h11,15,17-18,20H,3-10,12-13H2,1-2H3,(H,21,22,23)/t17-,18-/m0/s1. The minimum absolute atomic E-state index is 0.300. The van der Waals surface area contributed by atoms with Crippen molar-refractivity contribution < 1.29 is 4.74 Å². The van der Waals surface area contributed by atoms with Crippen LogP contribution in [0.2, 0.25) is 0 Å². The molecule has 7 nitrogen and oxygen atoms in total. The highest BCUT2D eigenvalue weighted by atomic mass is 16.5. The van der Waals surface area contributed by atoms with Gasteiger partial charge in [-0.3, -0.25) is 4.90 Å². The van der Waals surface area contributed by atoms with Crippen LogP contribution in [0.25, 0.3) is 0 Å². The van der Waals surface area contributed by atoms with Gasteiger partial charge in [0, 0.05) is 43.9 Å². The Kier molecular flexibility index (Phi) is 5.69. The van der Waals surface area contributed by atoms with E-state index in [4.69, 9.17) is 9.72 Å². The Labute approximate surface area is 156 Å². The van der Waals surface area contributed by atoms with Crippen LogP contribution in [0.3, 0.4) is 0 Å². The predicted molar refractivity (Wildman–Crippen MR) is 103 cm³/mol. The summed E-state index contributed by atoms with van der Waals surface area (Å²) >= 11 is 0. The van der Waals surface area contributed by atoms with Crippen LogP contribution >= 0.6 is 0 Å². The highest BCUT2D eigenvalue weighted by Gasteiger charge is 2.34. The summed E-state index contributed by atoms with van der Waals surface area (Å²) in [6.45, 7) is 10.2. The van der Waals surface area contributed by atoms with E-state index in [9.17, 15) is 0 Å². The number of ether oxygens (including phenoxy) is 1.